The molecule has 0 bridgehead atoms. The fraction of sp³-hybridized carbons (Fsp3) is 0.400. The molecule has 0 N–H and O–H groups in total. The predicted molar refractivity (Wildman–Crippen MR) is 110 cm³/mol. The van der Waals surface area contributed by atoms with Crippen molar-refractivity contribution in [3.8, 4) is 22.8 Å². The van der Waals surface area contributed by atoms with E-state index in [-0.39, 0.29) is 31.3 Å². The monoisotopic (exact) mass is 508 g/mol. The van der Waals surface area contributed by atoms with Crippen LogP contribution in [0.5, 0.6) is 0 Å². The molecular weight excluding hydrogens is 488 g/mol. The van der Waals surface area contributed by atoms with Crippen LogP contribution in [0.15, 0.2) is 13.7 Å². The van der Waals surface area contributed by atoms with E-state index >= 15 is 0 Å². The van der Waals surface area contributed by atoms with Gasteiger partial charge in [0.2, 0.25) is 0 Å². The molecule has 0 amide bonds. The highest BCUT2D eigenvalue weighted by molar-refractivity contribution is 6.08. The van der Waals surface area contributed by atoms with E-state index in [2.05, 4.69) is 20.1 Å². The average molecular weight is 508 g/mol. The zero-order valence-electron chi connectivity index (χ0n) is 19.5. The van der Waals surface area contributed by atoms with Gasteiger partial charge in [0.05, 0.1) is 26.4 Å². The maximum Gasteiger partial charge on any atom is 0.378 e. The van der Waals surface area contributed by atoms with Gasteiger partial charge < -0.3 is 33.2 Å². The van der Waals surface area contributed by atoms with Crippen LogP contribution in [0.1, 0.15) is 69.5 Å². The summed E-state index contributed by atoms with van der Waals surface area (Å²) in [7, 11) is 0. The molecule has 0 fully saturated rings. The average Bonchev–Trinajstić information content (AvgIpc) is 3.55. The summed E-state index contributed by atoms with van der Waals surface area (Å²) in [6.07, 6.45) is 0. The maximum absolute atomic E-state index is 12.7. The van der Waals surface area contributed by atoms with Crippen LogP contribution in [-0.2, 0) is 18.9 Å². The van der Waals surface area contributed by atoms with Crippen LogP contribution < -0.4 is 4.90 Å². The zero-order valence-corrected chi connectivity index (χ0v) is 19.5. The number of nitrogens with zero attached hydrogens (tertiary/aromatic N) is 4. The summed E-state index contributed by atoms with van der Waals surface area (Å²) >= 11 is 0. The summed E-state index contributed by atoms with van der Waals surface area (Å²) in [6, 6.07) is 0. The topological polar surface area (TPSA) is 210 Å². The molecule has 16 nitrogen and oxygen atoms in total. The Morgan fingerprint density at radius 2 is 1.08 bits per heavy atom. The Labute approximate surface area is 201 Å². The van der Waals surface area contributed by atoms with Crippen LogP contribution in [0.4, 0.5) is 0 Å². The molecule has 0 aliphatic heterocycles. The van der Waals surface area contributed by atoms with E-state index in [1.165, 1.54) is 27.7 Å². The van der Waals surface area contributed by atoms with Gasteiger partial charge in [0.15, 0.2) is 11.4 Å². The Bertz CT molecular complexity index is 1290. The third-order valence-electron chi connectivity index (χ3n) is 4.33. The molecule has 0 saturated carbocycles. The van der Waals surface area contributed by atoms with Gasteiger partial charge in [-0.1, -0.05) is 10.3 Å². The van der Waals surface area contributed by atoms with Crippen LogP contribution in [0, 0.1) is 5.21 Å². The van der Waals surface area contributed by atoms with E-state index in [1.807, 2.05) is 0 Å². The molecule has 192 valence electrons. The van der Waals surface area contributed by atoms with Gasteiger partial charge in [0.1, 0.15) is 11.1 Å². The minimum Gasteiger partial charge on any atom is -0.462 e. The Balaban J connectivity index is 2.26. The van der Waals surface area contributed by atoms with Crippen molar-refractivity contribution in [2.24, 2.45) is 0 Å². The van der Waals surface area contributed by atoms with Gasteiger partial charge >= 0.3 is 23.9 Å². The standard InChI is InChI=1S/C20H20N4O12/c1-5-30-17(25)9-11(21-34-15(9)19(27)32-7-3)13-14(24(29)36-23-13)12-10(18(26)31-6-2)16(35-22-12)20(28)33-8-4/h5-8H2,1-4H3. The first-order valence-corrected chi connectivity index (χ1v) is 10.6. The molecule has 0 radical (unpaired) electrons. The summed E-state index contributed by atoms with van der Waals surface area (Å²) in [5.41, 5.74) is -3.24. The Hall–Kier alpha value is -4.76. The molecule has 0 unspecified atom stereocenters. The van der Waals surface area contributed by atoms with E-state index in [1.54, 1.807) is 0 Å². The van der Waals surface area contributed by atoms with E-state index in [0.717, 1.165) is 0 Å². The molecule has 0 atom stereocenters. The van der Waals surface area contributed by atoms with E-state index < -0.39 is 69.3 Å². The van der Waals surface area contributed by atoms with Crippen molar-refractivity contribution in [2.75, 3.05) is 26.4 Å². The van der Waals surface area contributed by atoms with Crippen molar-refractivity contribution in [3.63, 3.8) is 0 Å². The second-order valence-corrected chi connectivity index (χ2v) is 6.48. The fourth-order valence-corrected chi connectivity index (χ4v) is 2.96. The Morgan fingerprint density at radius 1 is 0.667 bits per heavy atom. The molecule has 0 aromatic carbocycles. The highest BCUT2D eigenvalue weighted by atomic mass is 16.8. The lowest BCUT2D eigenvalue weighted by molar-refractivity contribution is -0.793. The SMILES string of the molecule is CCOC(=O)c1onc(-c2no[n+]([O-])c2-c2noc(C(=O)OCC)c2C(=O)OCC)c1C(=O)OCC. The lowest BCUT2D eigenvalue weighted by Gasteiger charge is -2.04. The van der Waals surface area contributed by atoms with E-state index in [0.29, 0.717) is 0 Å². The number of hydrogen-bond donors (Lipinski definition) is 0. The molecule has 0 spiro atoms. The molecular formula is C20H20N4O12. The third kappa shape index (κ3) is 4.73. The molecule has 3 aromatic heterocycles. The van der Waals surface area contributed by atoms with Gasteiger partial charge in [-0.05, 0) is 32.6 Å². The molecule has 3 aromatic rings. The number of carbonyl (C=O) groups excluding carboxylic acids is 4. The number of ether oxygens (including phenoxy) is 4. The molecule has 0 aliphatic rings. The Morgan fingerprint density at radius 3 is 1.56 bits per heavy atom. The minimum atomic E-state index is -1.08. The normalized spacial score (nSPS) is 10.7. The Kier molecular flexibility index (Phi) is 7.98. The van der Waals surface area contributed by atoms with E-state index in [9.17, 15) is 24.4 Å². The van der Waals surface area contributed by atoms with Crippen LogP contribution in [-0.4, -0.2) is 65.8 Å². The van der Waals surface area contributed by atoms with Crippen molar-refractivity contribution in [3.05, 3.63) is 27.9 Å². The zero-order chi connectivity index (χ0) is 26.4. The number of carbonyl (C=O) groups is 4. The van der Waals surface area contributed by atoms with Crippen LogP contribution in [0.3, 0.4) is 0 Å². The van der Waals surface area contributed by atoms with Gasteiger partial charge in [0, 0.05) is 5.16 Å². The van der Waals surface area contributed by atoms with Crippen molar-refractivity contribution < 1.29 is 56.7 Å². The fourth-order valence-electron chi connectivity index (χ4n) is 2.96. The first-order chi connectivity index (χ1) is 17.3. The molecule has 16 heteroatoms. The van der Waals surface area contributed by atoms with Gasteiger partial charge in [-0.2, -0.15) is 0 Å². The summed E-state index contributed by atoms with van der Waals surface area (Å²) in [4.78, 5) is 49.8. The van der Waals surface area contributed by atoms with Crippen molar-refractivity contribution in [1.82, 2.24) is 15.5 Å². The van der Waals surface area contributed by atoms with Gasteiger partial charge in [-0.15, -0.1) is 0 Å². The quantitative estimate of drug-likeness (QED) is 0.215. The van der Waals surface area contributed by atoms with Crippen molar-refractivity contribution >= 4 is 23.9 Å². The molecule has 0 saturated heterocycles. The summed E-state index contributed by atoms with van der Waals surface area (Å²) in [5.74, 6) is -5.53. The molecule has 3 heterocycles. The largest absolute Gasteiger partial charge is 0.462 e. The van der Waals surface area contributed by atoms with Gasteiger partial charge in [0.25, 0.3) is 22.9 Å². The molecule has 36 heavy (non-hydrogen) atoms. The first kappa shape index (κ1) is 25.9. The number of hydrogen-bond acceptors (Lipinski definition) is 15. The summed E-state index contributed by atoms with van der Waals surface area (Å²) < 4.78 is 34.3. The summed E-state index contributed by atoms with van der Waals surface area (Å²) in [6.45, 7) is 5.77. The minimum absolute atomic E-state index is 0.0502. The smallest absolute Gasteiger partial charge is 0.378 e. The lowest BCUT2D eigenvalue weighted by atomic mass is 10.0. The number of esters is 4. The van der Waals surface area contributed by atoms with Gasteiger partial charge in [-0.25, -0.2) is 19.2 Å². The van der Waals surface area contributed by atoms with Gasteiger partial charge in [-0.3, -0.25) is 4.63 Å². The lowest BCUT2D eigenvalue weighted by Crippen LogP contribution is -2.26. The van der Waals surface area contributed by atoms with E-state index in [4.69, 9.17) is 28.0 Å². The highest BCUT2D eigenvalue weighted by Gasteiger charge is 2.41. The second-order valence-electron chi connectivity index (χ2n) is 6.48. The van der Waals surface area contributed by atoms with Crippen LogP contribution in [0.25, 0.3) is 22.8 Å². The first-order valence-electron chi connectivity index (χ1n) is 10.6. The van der Waals surface area contributed by atoms with Crippen LogP contribution >= 0.6 is 0 Å². The highest BCUT2D eigenvalue weighted by Crippen LogP contribution is 2.34. The van der Waals surface area contributed by atoms with Crippen molar-refractivity contribution in [2.45, 2.75) is 27.7 Å². The third-order valence-corrected chi connectivity index (χ3v) is 4.33. The predicted octanol–water partition coefficient (Wildman–Crippen LogP) is 1.32. The number of rotatable bonds is 10. The molecule has 0 aliphatic carbocycles. The summed E-state index contributed by atoms with van der Waals surface area (Å²) in [5, 5.41) is 23.4. The van der Waals surface area contributed by atoms with Crippen LogP contribution in [0.2, 0.25) is 0 Å². The molecule has 3 rings (SSSR count). The maximum atomic E-state index is 12.7. The van der Waals surface area contributed by atoms with Crippen molar-refractivity contribution in [1.29, 1.82) is 0 Å². The second kappa shape index (κ2) is 11.1. The number of aromatic nitrogens is 4.